The fraction of sp³-hybridized carbons (Fsp3) is 0.455. The molecule has 1 aromatic carbocycles. The van der Waals surface area contributed by atoms with Crippen molar-refractivity contribution in [3.05, 3.63) is 48.3 Å². The molecule has 2 saturated heterocycles. The van der Waals surface area contributed by atoms with Crippen molar-refractivity contribution in [3.8, 4) is 0 Å². The first-order valence-corrected chi connectivity index (χ1v) is 10.3. The third-order valence-electron chi connectivity index (χ3n) is 5.77. The molecule has 1 aromatic heterocycles. The van der Waals surface area contributed by atoms with Crippen molar-refractivity contribution in [2.24, 2.45) is 0 Å². The quantitative estimate of drug-likeness (QED) is 0.865. The number of carbonyl (C=O) groups excluding carboxylic acids is 1. The van der Waals surface area contributed by atoms with Gasteiger partial charge in [-0.25, -0.2) is 0 Å². The highest BCUT2D eigenvalue weighted by Gasteiger charge is 2.18. The number of aromatic nitrogens is 1. The van der Waals surface area contributed by atoms with E-state index in [-0.39, 0.29) is 5.91 Å². The highest BCUT2D eigenvalue weighted by molar-refractivity contribution is 6.04. The predicted molar refractivity (Wildman–Crippen MR) is 114 cm³/mol. The average Bonchev–Trinajstić information content (AvgIpc) is 3.29. The lowest BCUT2D eigenvalue weighted by molar-refractivity contribution is 0.102. The highest BCUT2D eigenvalue weighted by atomic mass is 16.1. The van der Waals surface area contributed by atoms with Gasteiger partial charge in [0.05, 0.1) is 17.4 Å². The van der Waals surface area contributed by atoms with Crippen molar-refractivity contribution < 1.29 is 4.79 Å². The van der Waals surface area contributed by atoms with Crippen LogP contribution in [0.1, 0.15) is 30.1 Å². The summed E-state index contributed by atoms with van der Waals surface area (Å²) < 4.78 is 0. The maximum absolute atomic E-state index is 12.7. The minimum absolute atomic E-state index is 0.115. The lowest BCUT2D eigenvalue weighted by Crippen LogP contribution is -2.46. The Morgan fingerprint density at radius 1 is 0.929 bits per heavy atom. The Morgan fingerprint density at radius 2 is 1.61 bits per heavy atom. The van der Waals surface area contributed by atoms with Crippen LogP contribution in [0.15, 0.2) is 42.7 Å². The van der Waals surface area contributed by atoms with Gasteiger partial charge in [0.1, 0.15) is 0 Å². The summed E-state index contributed by atoms with van der Waals surface area (Å²) in [6.45, 7) is 9.57. The van der Waals surface area contributed by atoms with Gasteiger partial charge >= 0.3 is 0 Å². The van der Waals surface area contributed by atoms with E-state index in [2.05, 4.69) is 44.1 Å². The van der Waals surface area contributed by atoms with E-state index in [4.69, 9.17) is 0 Å². The number of anilines is 3. The second-order valence-corrected chi connectivity index (χ2v) is 7.55. The van der Waals surface area contributed by atoms with E-state index in [1.807, 2.05) is 24.4 Å². The largest absolute Gasteiger partial charge is 0.372 e. The molecule has 0 unspecified atom stereocenters. The van der Waals surface area contributed by atoms with Gasteiger partial charge in [-0.2, -0.15) is 0 Å². The minimum Gasteiger partial charge on any atom is -0.372 e. The fourth-order valence-electron chi connectivity index (χ4n) is 3.98. The molecule has 2 aliphatic heterocycles. The molecule has 2 fully saturated rings. The van der Waals surface area contributed by atoms with Crippen LogP contribution < -0.4 is 15.1 Å². The van der Waals surface area contributed by atoms with Crippen LogP contribution in [0, 0.1) is 0 Å². The second kappa shape index (κ2) is 8.61. The molecule has 6 heteroatoms. The molecule has 2 aromatic rings. The van der Waals surface area contributed by atoms with Crippen LogP contribution in [0.3, 0.4) is 0 Å². The Morgan fingerprint density at radius 3 is 2.29 bits per heavy atom. The van der Waals surface area contributed by atoms with Crippen molar-refractivity contribution in [1.29, 1.82) is 0 Å². The topological polar surface area (TPSA) is 51.7 Å². The van der Waals surface area contributed by atoms with Crippen molar-refractivity contribution in [1.82, 2.24) is 9.88 Å². The van der Waals surface area contributed by atoms with E-state index in [1.165, 1.54) is 18.5 Å². The molecule has 0 bridgehead atoms. The Labute approximate surface area is 167 Å². The number of likely N-dealkylation sites (N-methyl/N-ethyl adjacent to an activating group) is 1. The average molecular weight is 380 g/mol. The predicted octanol–water partition coefficient (Wildman–Crippen LogP) is 3.08. The summed E-state index contributed by atoms with van der Waals surface area (Å²) in [6.07, 6.45) is 6.01. The smallest absolute Gasteiger partial charge is 0.257 e. The molecule has 3 heterocycles. The Kier molecular flexibility index (Phi) is 5.76. The number of piperazine rings is 1. The standard InChI is InChI=1S/C22H29N5O/c1-2-25-11-13-27(14-12-25)21-15-18(16-23-17-21)22(28)24-19-5-7-20(8-6-19)26-9-3-4-10-26/h5-8,15-17H,2-4,9-14H2,1H3,(H,24,28). The summed E-state index contributed by atoms with van der Waals surface area (Å²) >= 11 is 0. The number of hydrogen-bond acceptors (Lipinski definition) is 5. The van der Waals surface area contributed by atoms with Gasteiger partial charge in [0.25, 0.3) is 5.91 Å². The third kappa shape index (κ3) is 4.28. The Hall–Kier alpha value is -2.60. The summed E-state index contributed by atoms with van der Waals surface area (Å²) in [7, 11) is 0. The normalized spacial score (nSPS) is 17.8. The van der Waals surface area contributed by atoms with Gasteiger partial charge in [0.2, 0.25) is 0 Å². The first-order valence-electron chi connectivity index (χ1n) is 10.3. The van der Waals surface area contributed by atoms with E-state index >= 15 is 0 Å². The maximum atomic E-state index is 12.7. The number of benzene rings is 1. The lowest BCUT2D eigenvalue weighted by atomic mass is 10.2. The molecule has 0 aliphatic carbocycles. The van der Waals surface area contributed by atoms with Crippen LogP contribution in [-0.2, 0) is 0 Å². The summed E-state index contributed by atoms with van der Waals surface area (Å²) in [5, 5.41) is 3.00. The SMILES string of the molecule is CCN1CCN(c2cncc(C(=O)Nc3ccc(N4CCCC4)cc3)c2)CC1. The number of nitrogens with one attached hydrogen (secondary N) is 1. The lowest BCUT2D eigenvalue weighted by Gasteiger charge is -2.35. The van der Waals surface area contributed by atoms with Gasteiger partial charge in [-0.1, -0.05) is 6.92 Å². The molecule has 1 N–H and O–H groups in total. The number of nitrogens with zero attached hydrogens (tertiary/aromatic N) is 4. The minimum atomic E-state index is -0.115. The zero-order valence-corrected chi connectivity index (χ0v) is 16.6. The zero-order chi connectivity index (χ0) is 19.3. The molecule has 0 saturated carbocycles. The fourth-order valence-corrected chi connectivity index (χ4v) is 3.98. The molecule has 4 rings (SSSR count). The molecular formula is C22H29N5O. The van der Waals surface area contributed by atoms with Gasteiger partial charge < -0.3 is 20.0 Å². The molecule has 0 spiro atoms. The van der Waals surface area contributed by atoms with Crippen molar-refractivity contribution >= 4 is 23.0 Å². The zero-order valence-electron chi connectivity index (χ0n) is 16.6. The molecule has 2 aliphatic rings. The van der Waals surface area contributed by atoms with Crippen LogP contribution >= 0.6 is 0 Å². The molecule has 0 atom stereocenters. The third-order valence-corrected chi connectivity index (χ3v) is 5.77. The highest BCUT2D eigenvalue weighted by Crippen LogP contribution is 2.23. The molecule has 28 heavy (non-hydrogen) atoms. The molecular weight excluding hydrogens is 350 g/mol. The van der Waals surface area contributed by atoms with Gasteiger partial charge in [0, 0.05) is 56.8 Å². The number of amides is 1. The van der Waals surface area contributed by atoms with Gasteiger partial charge in [-0.3, -0.25) is 9.78 Å². The van der Waals surface area contributed by atoms with E-state index < -0.39 is 0 Å². The van der Waals surface area contributed by atoms with Crippen molar-refractivity contribution in [3.63, 3.8) is 0 Å². The van der Waals surface area contributed by atoms with Crippen molar-refractivity contribution in [2.45, 2.75) is 19.8 Å². The Bertz CT molecular complexity index is 793. The van der Waals surface area contributed by atoms with E-state index in [0.29, 0.717) is 5.56 Å². The number of carbonyl (C=O) groups is 1. The van der Waals surface area contributed by atoms with Gasteiger partial charge in [-0.15, -0.1) is 0 Å². The van der Waals surface area contributed by atoms with Crippen molar-refractivity contribution in [2.75, 3.05) is 60.9 Å². The monoisotopic (exact) mass is 379 g/mol. The van der Waals surface area contributed by atoms with Crippen LogP contribution in [0.25, 0.3) is 0 Å². The molecule has 0 radical (unpaired) electrons. The number of hydrogen-bond donors (Lipinski definition) is 1. The van der Waals surface area contributed by atoms with Gasteiger partial charge in [-0.05, 0) is 49.7 Å². The van der Waals surface area contributed by atoms with Crippen LogP contribution in [0.5, 0.6) is 0 Å². The maximum Gasteiger partial charge on any atom is 0.257 e. The number of pyridine rings is 1. The molecule has 148 valence electrons. The van der Waals surface area contributed by atoms with Crippen LogP contribution in [0.4, 0.5) is 17.1 Å². The van der Waals surface area contributed by atoms with E-state index in [0.717, 1.165) is 57.2 Å². The van der Waals surface area contributed by atoms with Crippen LogP contribution in [-0.4, -0.2) is 61.6 Å². The first-order chi connectivity index (χ1) is 13.7. The molecule has 1 amide bonds. The summed E-state index contributed by atoms with van der Waals surface area (Å²) in [5.41, 5.74) is 3.66. The van der Waals surface area contributed by atoms with Crippen LogP contribution in [0.2, 0.25) is 0 Å². The molecule has 6 nitrogen and oxygen atoms in total. The number of rotatable bonds is 5. The summed E-state index contributed by atoms with van der Waals surface area (Å²) in [5.74, 6) is -0.115. The van der Waals surface area contributed by atoms with E-state index in [9.17, 15) is 4.79 Å². The first kappa shape index (κ1) is 18.7. The Balaban J connectivity index is 1.39. The second-order valence-electron chi connectivity index (χ2n) is 7.55. The summed E-state index contributed by atoms with van der Waals surface area (Å²) in [4.78, 5) is 24.1. The van der Waals surface area contributed by atoms with Gasteiger partial charge in [0.15, 0.2) is 0 Å². The summed E-state index contributed by atoms with van der Waals surface area (Å²) in [6, 6.07) is 10.1. The van der Waals surface area contributed by atoms with E-state index in [1.54, 1.807) is 6.20 Å².